The van der Waals surface area contributed by atoms with Crippen molar-refractivity contribution in [1.82, 2.24) is 9.38 Å². The zero-order valence-electron chi connectivity index (χ0n) is 20.5. The molecule has 3 heteroatoms. The summed E-state index contributed by atoms with van der Waals surface area (Å²) in [6.07, 6.45) is 1.47. The number of nitrogens with zero attached hydrogens (tertiary/aromatic N) is 2. The minimum absolute atomic E-state index is 0.256. The number of hydrogen-bond acceptors (Lipinski definition) is 2. The Kier molecular flexibility index (Phi) is 2.77. The molecule has 2 nitrogen and oxygen atoms in total. The van der Waals surface area contributed by atoms with Crippen LogP contribution in [0.1, 0.15) is 9.68 Å². The van der Waals surface area contributed by atoms with E-state index in [1.165, 1.54) is 64.5 Å². The Morgan fingerprint density at radius 2 is 1.61 bits per heavy atom. The Bertz CT molecular complexity index is 2130. The molecule has 4 aromatic heterocycles. The van der Waals surface area contributed by atoms with Crippen LogP contribution >= 0.6 is 11.3 Å². The highest BCUT2D eigenvalue weighted by Gasteiger charge is 2.21. The molecule has 0 atom stereocenters. The van der Waals surface area contributed by atoms with Crippen LogP contribution in [0.25, 0.3) is 69.5 Å². The van der Waals surface area contributed by atoms with Gasteiger partial charge in [-0.25, -0.2) is 0 Å². The van der Waals surface area contributed by atoms with E-state index in [1.807, 2.05) is 11.3 Å². The molecule has 0 aliphatic carbocycles. The van der Waals surface area contributed by atoms with Gasteiger partial charge in [0.25, 0.3) is 0 Å². The first kappa shape index (κ1) is 15.0. The number of benzene rings is 4. The second kappa shape index (κ2) is 6.09. The van der Waals surface area contributed by atoms with Crippen molar-refractivity contribution in [2.24, 2.45) is 0 Å². The van der Waals surface area contributed by atoms with Crippen molar-refractivity contribution in [2.45, 2.75) is 6.85 Å². The monoisotopic (exact) mass is 441 g/mol. The van der Waals surface area contributed by atoms with Gasteiger partial charge in [-0.05, 0) is 48.8 Å². The summed E-state index contributed by atoms with van der Waals surface area (Å²) in [4.78, 5) is 4.49. The van der Waals surface area contributed by atoms with Gasteiger partial charge in [-0.3, -0.25) is 4.98 Å². The van der Waals surface area contributed by atoms with Crippen molar-refractivity contribution in [2.75, 3.05) is 0 Å². The highest BCUT2D eigenvalue weighted by molar-refractivity contribution is 7.26. The van der Waals surface area contributed by atoms with E-state index in [4.69, 9.17) is 4.11 Å². The molecular weight excluding hydrogens is 420 g/mol. The number of aryl methyl sites for hydroxylation is 1. The lowest BCUT2D eigenvalue weighted by molar-refractivity contribution is 1.27. The van der Waals surface area contributed by atoms with Crippen molar-refractivity contribution >= 4 is 69.6 Å². The van der Waals surface area contributed by atoms with E-state index in [9.17, 15) is 0 Å². The summed E-state index contributed by atoms with van der Waals surface area (Å²) in [5, 5.41) is 7.59. The van der Waals surface area contributed by atoms with Crippen molar-refractivity contribution < 1.29 is 4.11 Å². The molecule has 0 bridgehead atoms. The first-order valence-electron chi connectivity index (χ1n) is 12.5. The molecule has 0 spiro atoms. The highest BCUT2D eigenvalue weighted by Crippen LogP contribution is 2.47. The van der Waals surface area contributed by atoms with Gasteiger partial charge >= 0.3 is 0 Å². The van der Waals surface area contributed by atoms with Gasteiger partial charge in [0.15, 0.2) is 0 Å². The number of para-hydroxylation sites is 1. The summed E-state index contributed by atoms with van der Waals surface area (Å²) < 4.78 is 27.9. The van der Waals surface area contributed by atoms with Gasteiger partial charge in [0, 0.05) is 57.6 Å². The maximum Gasteiger partial charge on any atom is 0.0702 e. The van der Waals surface area contributed by atoms with E-state index < -0.39 is 6.85 Å². The molecule has 0 saturated heterocycles. The van der Waals surface area contributed by atoms with Crippen LogP contribution in [-0.4, -0.2) is 9.38 Å². The van der Waals surface area contributed by atoms with Gasteiger partial charge in [0.05, 0.1) is 22.2 Å². The molecule has 4 heterocycles. The number of aromatic nitrogens is 2. The fraction of sp³-hybridized carbons (Fsp3) is 0.0333. The van der Waals surface area contributed by atoms with Crippen molar-refractivity contribution in [3.05, 3.63) is 96.7 Å². The van der Waals surface area contributed by atoms with E-state index in [0.29, 0.717) is 0 Å². The van der Waals surface area contributed by atoms with Gasteiger partial charge in [-0.1, -0.05) is 48.5 Å². The summed E-state index contributed by atoms with van der Waals surface area (Å²) >= 11 is 1.87. The van der Waals surface area contributed by atoms with Crippen LogP contribution in [0.4, 0.5) is 0 Å². The van der Waals surface area contributed by atoms with E-state index >= 15 is 0 Å². The third-order valence-corrected chi connectivity index (χ3v) is 8.07. The predicted octanol–water partition coefficient (Wildman–Crippen LogP) is 8.58. The van der Waals surface area contributed by atoms with Crippen molar-refractivity contribution in [3.63, 3.8) is 0 Å². The molecule has 8 rings (SSSR count). The minimum Gasteiger partial charge on any atom is -0.308 e. The van der Waals surface area contributed by atoms with E-state index in [-0.39, 0.29) is 5.56 Å². The Labute approximate surface area is 197 Å². The Balaban J connectivity index is 1.50. The standard InChI is InChI=1S/C30H18N2S/c1-17-10-12-24(31-16-17)18-11-13-26-21(14-18)22-15-23-19-6-3-5-9-27(19)33-30(23)28-20-7-2-4-8-25(20)32(26)29(22)28/h2-16H,1H3/i1D3. The van der Waals surface area contributed by atoms with Gasteiger partial charge in [0.2, 0.25) is 0 Å². The number of fused-ring (bicyclic) bond motifs is 10. The quantitative estimate of drug-likeness (QED) is 0.249. The molecule has 0 aliphatic rings. The summed E-state index contributed by atoms with van der Waals surface area (Å²) in [7, 11) is 0. The van der Waals surface area contributed by atoms with E-state index in [2.05, 4.69) is 82.2 Å². The molecule has 0 saturated carbocycles. The number of rotatable bonds is 1. The van der Waals surface area contributed by atoms with Crippen LogP contribution < -0.4 is 0 Å². The van der Waals surface area contributed by atoms with E-state index in [1.54, 1.807) is 12.1 Å². The fourth-order valence-corrected chi connectivity index (χ4v) is 6.70. The Morgan fingerprint density at radius 3 is 2.48 bits per heavy atom. The van der Waals surface area contributed by atoms with Crippen LogP contribution in [0.3, 0.4) is 0 Å². The largest absolute Gasteiger partial charge is 0.308 e. The molecule has 33 heavy (non-hydrogen) atoms. The predicted molar refractivity (Wildman–Crippen MR) is 142 cm³/mol. The smallest absolute Gasteiger partial charge is 0.0702 e. The van der Waals surface area contributed by atoms with Gasteiger partial charge in [0.1, 0.15) is 0 Å². The normalized spacial score (nSPS) is 14.1. The molecule has 0 aliphatic heterocycles. The van der Waals surface area contributed by atoms with Crippen LogP contribution in [-0.2, 0) is 0 Å². The van der Waals surface area contributed by atoms with Crippen LogP contribution in [0.2, 0.25) is 0 Å². The molecule has 8 aromatic rings. The maximum absolute atomic E-state index is 7.64. The average molecular weight is 442 g/mol. The Morgan fingerprint density at radius 1 is 0.758 bits per heavy atom. The SMILES string of the molecule is [2H]C([2H])([2H])c1ccc(-c2ccc3c(c2)c2cc4c5ccccc5sc4c4c5ccccc5n3c24)nc1. The van der Waals surface area contributed by atoms with Crippen LogP contribution in [0.15, 0.2) is 91.1 Å². The molecule has 0 amide bonds. The molecule has 0 N–H and O–H groups in total. The average Bonchev–Trinajstić information content (AvgIpc) is 3.54. The topological polar surface area (TPSA) is 17.3 Å². The third-order valence-electron chi connectivity index (χ3n) is 6.87. The van der Waals surface area contributed by atoms with Gasteiger partial charge in [-0.15, -0.1) is 11.3 Å². The van der Waals surface area contributed by atoms with E-state index in [0.717, 1.165) is 11.3 Å². The Hall–Kier alpha value is -3.95. The molecular formula is C30H18N2S. The van der Waals surface area contributed by atoms with Crippen LogP contribution in [0, 0.1) is 6.85 Å². The number of hydrogen-bond donors (Lipinski definition) is 0. The zero-order chi connectivity index (χ0) is 24.2. The lowest BCUT2D eigenvalue weighted by Gasteiger charge is -2.03. The molecule has 4 aromatic carbocycles. The summed E-state index contributed by atoms with van der Waals surface area (Å²) in [6.45, 7) is -2.15. The minimum atomic E-state index is -2.15. The first-order chi connectivity index (χ1) is 17.5. The molecule has 0 unspecified atom stereocenters. The van der Waals surface area contributed by atoms with Crippen LogP contribution in [0.5, 0.6) is 0 Å². The summed E-state index contributed by atoms with van der Waals surface area (Å²) in [5.41, 5.74) is 5.64. The number of pyridine rings is 1. The molecule has 0 radical (unpaired) electrons. The number of thiophene rings is 1. The van der Waals surface area contributed by atoms with Crippen molar-refractivity contribution in [3.8, 4) is 11.3 Å². The second-order valence-electron chi connectivity index (χ2n) is 8.64. The maximum atomic E-state index is 7.64. The van der Waals surface area contributed by atoms with Gasteiger partial charge in [-0.2, -0.15) is 0 Å². The molecule has 0 fully saturated rings. The summed E-state index contributed by atoms with van der Waals surface area (Å²) in [5.74, 6) is 0. The van der Waals surface area contributed by atoms with Crippen molar-refractivity contribution in [1.29, 1.82) is 0 Å². The highest BCUT2D eigenvalue weighted by atomic mass is 32.1. The molecule has 154 valence electrons. The zero-order valence-corrected chi connectivity index (χ0v) is 18.3. The first-order valence-corrected chi connectivity index (χ1v) is 11.8. The lowest BCUT2D eigenvalue weighted by Crippen LogP contribution is -1.85. The third kappa shape index (κ3) is 2.20. The lowest BCUT2D eigenvalue weighted by atomic mass is 10.0. The fourth-order valence-electron chi connectivity index (χ4n) is 5.46. The van der Waals surface area contributed by atoms with Gasteiger partial charge < -0.3 is 4.40 Å². The second-order valence-corrected chi connectivity index (χ2v) is 9.69. The summed E-state index contributed by atoms with van der Waals surface area (Å²) in [6, 6.07) is 29.6.